The fourth-order valence-corrected chi connectivity index (χ4v) is 2.48. The van der Waals surface area contributed by atoms with Gasteiger partial charge in [-0.25, -0.2) is 4.79 Å². The van der Waals surface area contributed by atoms with E-state index in [-0.39, 0.29) is 11.5 Å². The Morgan fingerprint density at radius 1 is 0.960 bits per heavy atom. The minimum Gasteiger partial charge on any atom is -0.480 e. The number of carbonyl (C=O) groups is 2. The molecule has 0 spiro atoms. The number of amides is 1. The predicted octanol–water partition coefficient (Wildman–Crippen LogP) is 3.94. The van der Waals surface area contributed by atoms with Crippen molar-refractivity contribution in [2.24, 2.45) is 0 Å². The predicted molar refractivity (Wildman–Crippen MR) is 96.1 cm³/mol. The molecule has 2 N–H and O–H groups in total. The molecule has 0 heterocycles. The van der Waals surface area contributed by atoms with Crippen LogP contribution in [-0.2, 0) is 4.79 Å². The van der Waals surface area contributed by atoms with E-state index < -0.39 is 12.1 Å². The molecule has 126 valence electrons. The van der Waals surface area contributed by atoms with E-state index in [0.717, 1.165) is 10.8 Å². The molecule has 0 saturated heterocycles. The van der Waals surface area contributed by atoms with Crippen molar-refractivity contribution >= 4 is 28.3 Å². The van der Waals surface area contributed by atoms with E-state index in [1.54, 1.807) is 19.1 Å². The lowest BCUT2D eigenvalue weighted by Gasteiger charge is -2.16. The van der Waals surface area contributed by atoms with Crippen LogP contribution in [0.25, 0.3) is 10.8 Å². The fraction of sp³-hybridized carbons (Fsp3) is 0.100. The molecule has 0 saturated carbocycles. The van der Waals surface area contributed by atoms with Crippen LogP contribution in [-0.4, -0.2) is 23.1 Å². The summed E-state index contributed by atoms with van der Waals surface area (Å²) in [6.45, 7) is 1.67. The second-order valence-corrected chi connectivity index (χ2v) is 5.61. The van der Waals surface area contributed by atoms with Gasteiger partial charge in [0.1, 0.15) is 5.75 Å². The number of anilines is 1. The summed E-state index contributed by atoms with van der Waals surface area (Å²) in [5, 5.41) is 13.6. The van der Waals surface area contributed by atoms with Crippen molar-refractivity contribution in [3.8, 4) is 5.75 Å². The summed E-state index contributed by atoms with van der Waals surface area (Å²) in [4.78, 5) is 23.2. The Morgan fingerprint density at radius 2 is 1.64 bits per heavy atom. The molecule has 0 aliphatic carbocycles. The minimum absolute atomic E-state index is 0.165. The van der Waals surface area contributed by atoms with Crippen molar-refractivity contribution in [3.05, 3.63) is 72.3 Å². The lowest BCUT2D eigenvalue weighted by atomic mass is 10.1. The third kappa shape index (κ3) is 3.77. The number of hydrogen-bond donors (Lipinski definition) is 2. The van der Waals surface area contributed by atoms with Gasteiger partial charge in [0.2, 0.25) is 0 Å². The maximum Gasteiger partial charge on any atom is 0.335 e. The van der Waals surface area contributed by atoms with Crippen molar-refractivity contribution in [3.63, 3.8) is 0 Å². The molecule has 0 bridgehead atoms. The number of aromatic carboxylic acids is 1. The van der Waals surface area contributed by atoms with Gasteiger partial charge in [0, 0.05) is 11.1 Å². The zero-order chi connectivity index (χ0) is 17.8. The highest BCUT2D eigenvalue weighted by Gasteiger charge is 2.16. The molecule has 3 rings (SSSR count). The lowest BCUT2D eigenvalue weighted by molar-refractivity contribution is -0.122. The van der Waals surface area contributed by atoms with Gasteiger partial charge in [-0.2, -0.15) is 0 Å². The van der Waals surface area contributed by atoms with Gasteiger partial charge < -0.3 is 15.2 Å². The summed E-state index contributed by atoms with van der Waals surface area (Å²) in [6, 6.07) is 19.5. The third-order valence-electron chi connectivity index (χ3n) is 3.82. The van der Waals surface area contributed by atoms with Crippen molar-refractivity contribution in [1.82, 2.24) is 0 Å². The van der Waals surface area contributed by atoms with Gasteiger partial charge in [0.25, 0.3) is 5.91 Å². The van der Waals surface area contributed by atoms with Gasteiger partial charge in [-0.05, 0) is 42.6 Å². The first kappa shape index (κ1) is 16.5. The molecule has 1 amide bonds. The molecule has 3 aromatic rings. The van der Waals surface area contributed by atoms with Crippen LogP contribution >= 0.6 is 0 Å². The van der Waals surface area contributed by atoms with Gasteiger partial charge in [-0.15, -0.1) is 0 Å². The molecular formula is C20H17NO4. The van der Waals surface area contributed by atoms with Crippen molar-refractivity contribution in [2.75, 3.05) is 5.32 Å². The summed E-state index contributed by atoms with van der Waals surface area (Å²) in [5.74, 6) is -0.677. The second kappa shape index (κ2) is 7.05. The lowest BCUT2D eigenvalue weighted by Crippen LogP contribution is -2.30. The van der Waals surface area contributed by atoms with Gasteiger partial charge in [0.15, 0.2) is 6.10 Å². The summed E-state index contributed by atoms with van der Waals surface area (Å²) in [5.41, 5.74) is 0.682. The van der Waals surface area contributed by atoms with E-state index in [2.05, 4.69) is 5.32 Å². The SMILES string of the molecule is C[C@H](Oc1cccc2ccccc12)C(=O)Nc1ccc(C(=O)O)cc1. The van der Waals surface area contributed by atoms with Gasteiger partial charge in [-0.1, -0.05) is 36.4 Å². The highest BCUT2D eigenvalue weighted by atomic mass is 16.5. The maximum atomic E-state index is 12.3. The number of nitrogens with one attached hydrogen (secondary N) is 1. The molecule has 0 unspecified atom stereocenters. The Bertz CT molecular complexity index is 913. The number of hydrogen-bond acceptors (Lipinski definition) is 3. The van der Waals surface area contributed by atoms with E-state index in [1.165, 1.54) is 12.1 Å². The molecular weight excluding hydrogens is 318 g/mol. The molecule has 25 heavy (non-hydrogen) atoms. The largest absolute Gasteiger partial charge is 0.480 e. The maximum absolute atomic E-state index is 12.3. The minimum atomic E-state index is -1.01. The second-order valence-electron chi connectivity index (χ2n) is 5.61. The van der Waals surface area contributed by atoms with Crippen LogP contribution in [0, 0.1) is 0 Å². The molecule has 0 aromatic heterocycles. The first-order valence-electron chi connectivity index (χ1n) is 7.83. The average Bonchev–Trinajstić information content (AvgIpc) is 2.62. The standard InChI is InChI=1S/C20H17NO4/c1-13(19(22)21-16-11-9-15(10-12-16)20(23)24)25-18-8-4-6-14-5-2-3-7-17(14)18/h2-13H,1H3,(H,21,22)(H,23,24)/t13-/m0/s1. The van der Waals surface area contributed by atoms with Crippen molar-refractivity contribution in [2.45, 2.75) is 13.0 Å². The van der Waals surface area contributed by atoms with Crippen LogP contribution in [0.5, 0.6) is 5.75 Å². The van der Waals surface area contributed by atoms with E-state index in [4.69, 9.17) is 9.84 Å². The van der Waals surface area contributed by atoms with Crippen LogP contribution < -0.4 is 10.1 Å². The van der Waals surface area contributed by atoms with Gasteiger partial charge in [0.05, 0.1) is 5.56 Å². The Labute approximate surface area is 144 Å². The highest BCUT2D eigenvalue weighted by molar-refractivity contribution is 5.95. The van der Waals surface area contributed by atoms with Crippen LogP contribution in [0.1, 0.15) is 17.3 Å². The summed E-state index contributed by atoms with van der Waals surface area (Å²) in [6.07, 6.45) is -0.704. The molecule has 0 radical (unpaired) electrons. The van der Waals surface area contributed by atoms with E-state index in [0.29, 0.717) is 11.4 Å². The van der Waals surface area contributed by atoms with Crippen molar-refractivity contribution in [1.29, 1.82) is 0 Å². The van der Waals surface area contributed by atoms with Crippen molar-refractivity contribution < 1.29 is 19.4 Å². The number of carboxylic acids is 1. The summed E-state index contributed by atoms with van der Waals surface area (Å²) in [7, 11) is 0. The Kier molecular flexibility index (Phi) is 4.66. The number of benzene rings is 3. The summed E-state index contributed by atoms with van der Waals surface area (Å²) < 4.78 is 5.82. The monoisotopic (exact) mass is 335 g/mol. The summed E-state index contributed by atoms with van der Waals surface area (Å²) >= 11 is 0. The Balaban J connectivity index is 1.71. The van der Waals surface area contributed by atoms with Gasteiger partial charge in [-0.3, -0.25) is 4.79 Å². The first-order chi connectivity index (χ1) is 12.0. The van der Waals surface area contributed by atoms with E-state index in [1.807, 2.05) is 42.5 Å². The first-order valence-corrected chi connectivity index (χ1v) is 7.83. The van der Waals surface area contributed by atoms with Gasteiger partial charge >= 0.3 is 5.97 Å². The molecule has 1 atom stereocenters. The number of fused-ring (bicyclic) bond motifs is 1. The number of carboxylic acid groups (broad SMARTS) is 1. The Morgan fingerprint density at radius 3 is 2.36 bits per heavy atom. The average molecular weight is 335 g/mol. The zero-order valence-electron chi connectivity index (χ0n) is 13.6. The number of carbonyl (C=O) groups excluding carboxylic acids is 1. The molecule has 5 heteroatoms. The topological polar surface area (TPSA) is 75.6 Å². The zero-order valence-corrected chi connectivity index (χ0v) is 13.6. The molecule has 0 fully saturated rings. The van der Waals surface area contributed by atoms with E-state index >= 15 is 0 Å². The highest BCUT2D eigenvalue weighted by Crippen LogP contribution is 2.26. The molecule has 0 aliphatic heterocycles. The van der Waals surface area contributed by atoms with Crippen LogP contribution in [0.15, 0.2) is 66.7 Å². The number of rotatable bonds is 5. The van der Waals surface area contributed by atoms with Crippen LogP contribution in [0.4, 0.5) is 5.69 Å². The third-order valence-corrected chi connectivity index (χ3v) is 3.82. The Hall–Kier alpha value is -3.34. The van der Waals surface area contributed by atoms with E-state index in [9.17, 15) is 9.59 Å². The normalized spacial score (nSPS) is 11.7. The van der Waals surface area contributed by atoms with Crippen LogP contribution in [0.2, 0.25) is 0 Å². The quantitative estimate of drug-likeness (QED) is 0.740. The smallest absolute Gasteiger partial charge is 0.335 e. The molecule has 0 aliphatic rings. The van der Waals surface area contributed by atoms with Crippen LogP contribution in [0.3, 0.4) is 0 Å². The molecule has 5 nitrogen and oxygen atoms in total. The fourth-order valence-electron chi connectivity index (χ4n) is 2.48. The number of ether oxygens (including phenoxy) is 1. The molecule has 3 aromatic carbocycles.